The molecule has 3 aromatic rings. The molecule has 0 aliphatic rings. The molecule has 0 unspecified atom stereocenters. The molecule has 0 heterocycles. The molecule has 0 radical (unpaired) electrons. The van der Waals surface area contributed by atoms with E-state index >= 15 is 0 Å². The van der Waals surface area contributed by atoms with Gasteiger partial charge in [0.05, 0.1) is 22.3 Å². The fourth-order valence-corrected chi connectivity index (χ4v) is 2.74. The van der Waals surface area contributed by atoms with Gasteiger partial charge in [-0.1, -0.05) is 0 Å². The molecule has 2 amide bonds. The predicted molar refractivity (Wildman–Crippen MR) is 126 cm³/mol. The normalized spacial score (nSPS) is 10.9. The van der Waals surface area contributed by atoms with E-state index in [-0.39, 0.29) is 45.1 Å². The van der Waals surface area contributed by atoms with Crippen molar-refractivity contribution in [1.29, 1.82) is 0 Å². The van der Waals surface area contributed by atoms with Gasteiger partial charge in [-0.15, -0.1) is 0 Å². The van der Waals surface area contributed by atoms with E-state index in [2.05, 4.69) is 21.1 Å². The molecule has 0 saturated heterocycles. The lowest BCUT2D eigenvalue weighted by Gasteiger charge is -2.03. The molecular formula is C22H16N6O8. The lowest BCUT2D eigenvalue weighted by atomic mass is 10.1. The molecule has 0 bridgehead atoms. The van der Waals surface area contributed by atoms with Gasteiger partial charge in [0.25, 0.3) is 23.2 Å². The summed E-state index contributed by atoms with van der Waals surface area (Å²) in [6, 6.07) is 12.0. The molecule has 0 fully saturated rings. The zero-order chi connectivity index (χ0) is 26.2. The summed E-state index contributed by atoms with van der Waals surface area (Å²) in [5, 5.41) is 48.4. The van der Waals surface area contributed by atoms with Crippen LogP contribution in [0.4, 0.5) is 11.4 Å². The maximum Gasteiger partial charge on any atom is 0.271 e. The van der Waals surface area contributed by atoms with Gasteiger partial charge in [0.15, 0.2) is 0 Å². The van der Waals surface area contributed by atoms with Crippen LogP contribution in [-0.2, 0) is 0 Å². The Morgan fingerprint density at radius 2 is 1.06 bits per heavy atom. The van der Waals surface area contributed by atoms with Crippen LogP contribution in [0.5, 0.6) is 11.5 Å². The Hall–Kier alpha value is -5.66. The third kappa shape index (κ3) is 6.22. The van der Waals surface area contributed by atoms with Gasteiger partial charge in [-0.2, -0.15) is 10.2 Å². The molecule has 0 aliphatic heterocycles. The van der Waals surface area contributed by atoms with Crippen molar-refractivity contribution in [3.8, 4) is 11.5 Å². The van der Waals surface area contributed by atoms with E-state index < -0.39 is 21.7 Å². The maximum atomic E-state index is 12.2. The highest BCUT2D eigenvalue weighted by Crippen LogP contribution is 2.22. The summed E-state index contributed by atoms with van der Waals surface area (Å²) in [5.74, 6) is -1.83. The van der Waals surface area contributed by atoms with Crippen molar-refractivity contribution in [2.45, 2.75) is 0 Å². The van der Waals surface area contributed by atoms with Crippen molar-refractivity contribution < 1.29 is 29.6 Å². The molecule has 14 nitrogen and oxygen atoms in total. The highest BCUT2D eigenvalue weighted by molar-refractivity contribution is 5.98. The number of rotatable bonds is 8. The Kier molecular flexibility index (Phi) is 7.61. The number of carbonyl (C=O) groups is 2. The van der Waals surface area contributed by atoms with Crippen LogP contribution in [0.1, 0.15) is 31.8 Å². The number of hydrogen-bond acceptors (Lipinski definition) is 10. The first-order valence-corrected chi connectivity index (χ1v) is 9.87. The molecule has 3 aromatic carbocycles. The van der Waals surface area contributed by atoms with Gasteiger partial charge in [-0.05, 0) is 36.4 Å². The van der Waals surface area contributed by atoms with E-state index in [0.29, 0.717) is 0 Å². The molecular weight excluding hydrogens is 476 g/mol. The molecule has 14 heteroatoms. The topological polar surface area (TPSA) is 210 Å². The minimum absolute atomic E-state index is 0.0236. The Balaban J connectivity index is 1.60. The van der Waals surface area contributed by atoms with Crippen LogP contribution in [0, 0.1) is 20.2 Å². The van der Waals surface area contributed by atoms with Crippen molar-refractivity contribution in [3.63, 3.8) is 0 Å². The monoisotopic (exact) mass is 492 g/mol. The maximum absolute atomic E-state index is 12.2. The first-order chi connectivity index (χ1) is 17.2. The van der Waals surface area contributed by atoms with Crippen molar-refractivity contribution >= 4 is 35.6 Å². The number of aromatic hydroxyl groups is 2. The second kappa shape index (κ2) is 11.0. The summed E-state index contributed by atoms with van der Waals surface area (Å²) in [6.45, 7) is 0. The lowest BCUT2D eigenvalue weighted by Crippen LogP contribution is -2.19. The molecule has 4 N–H and O–H groups in total. The predicted octanol–water partition coefficient (Wildman–Crippen LogP) is 2.44. The number of nitro groups is 2. The second-order valence-corrected chi connectivity index (χ2v) is 6.98. The third-order valence-electron chi connectivity index (χ3n) is 4.59. The number of carbonyl (C=O) groups excluding carboxylic acids is 2. The number of phenols is 2. The van der Waals surface area contributed by atoms with E-state index in [9.17, 15) is 40.0 Å². The molecule has 3 rings (SSSR count). The van der Waals surface area contributed by atoms with Crippen LogP contribution in [0.25, 0.3) is 0 Å². The van der Waals surface area contributed by atoms with Gasteiger partial charge < -0.3 is 10.2 Å². The van der Waals surface area contributed by atoms with Crippen LogP contribution in [0.3, 0.4) is 0 Å². The van der Waals surface area contributed by atoms with Crippen LogP contribution in [-0.4, -0.2) is 44.3 Å². The molecule has 0 atom stereocenters. The van der Waals surface area contributed by atoms with E-state index in [0.717, 1.165) is 48.8 Å². The average molecular weight is 492 g/mol. The molecule has 182 valence electrons. The summed E-state index contributed by atoms with van der Waals surface area (Å²) in [4.78, 5) is 44.8. The summed E-state index contributed by atoms with van der Waals surface area (Å²) in [6.07, 6.45) is 2.08. The van der Waals surface area contributed by atoms with Gasteiger partial charge in [0, 0.05) is 46.5 Å². The first kappa shape index (κ1) is 25.0. The van der Waals surface area contributed by atoms with Crippen LogP contribution >= 0.6 is 0 Å². The van der Waals surface area contributed by atoms with Gasteiger partial charge in [0.1, 0.15) is 11.5 Å². The zero-order valence-corrected chi connectivity index (χ0v) is 18.1. The number of hydrazone groups is 2. The van der Waals surface area contributed by atoms with Crippen molar-refractivity contribution in [1.82, 2.24) is 10.9 Å². The molecule has 0 spiro atoms. The van der Waals surface area contributed by atoms with Crippen LogP contribution in [0.2, 0.25) is 0 Å². The van der Waals surface area contributed by atoms with Gasteiger partial charge in [-0.3, -0.25) is 29.8 Å². The van der Waals surface area contributed by atoms with E-state index in [1.165, 1.54) is 24.3 Å². The van der Waals surface area contributed by atoms with E-state index in [4.69, 9.17) is 0 Å². The van der Waals surface area contributed by atoms with Crippen molar-refractivity contribution in [2.24, 2.45) is 10.2 Å². The Morgan fingerprint density at radius 3 is 1.39 bits per heavy atom. The summed E-state index contributed by atoms with van der Waals surface area (Å²) >= 11 is 0. The quantitative estimate of drug-likeness (QED) is 0.208. The van der Waals surface area contributed by atoms with Crippen LogP contribution < -0.4 is 10.9 Å². The highest BCUT2D eigenvalue weighted by Gasteiger charge is 2.11. The van der Waals surface area contributed by atoms with E-state index in [1.807, 2.05) is 0 Å². The number of phenolic OH excluding ortho intramolecular Hbond substituents is 2. The largest absolute Gasteiger partial charge is 0.507 e. The second-order valence-electron chi connectivity index (χ2n) is 6.98. The van der Waals surface area contributed by atoms with Crippen molar-refractivity contribution in [2.75, 3.05) is 0 Å². The summed E-state index contributed by atoms with van der Waals surface area (Å²) in [5.41, 5.74) is 4.19. The third-order valence-corrected chi connectivity index (χ3v) is 4.59. The Labute approximate surface area is 201 Å². The SMILES string of the molecule is O=C(NN=Cc1cc([N+](=O)[O-])ccc1O)c1ccc(C(=O)NN=Cc2cc([N+](=O)[O-])ccc2O)cc1. The average Bonchev–Trinajstić information content (AvgIpc) is 2.85. The molecule has 0 aliphatic carbocycles. The smallest absolute Gasteiger partial charge is 0.271 e. The van der Waals surface area contributed by atoms with Gasteiger partial charge >= 0.3 is 0 Å². The zero-order valence-electron chi connectivity index (χ0n) is 18.1. The fourth-order valence-electron chi connectivity index (χ4n) is 2.74. The number of nitrogens with zero attached hydrogens (tertiary/aromatic N) is 4. The van der Waals surface area contributed by atoms with Gasteiger partial charge in [-0.25, -0.2) is 10.9 Å². The fraction of sp³-hybridized carbons (Fsp3) is 0. The highest BCUT2D eigenvalue weighted by atomic mass is 16.6. The van der Waals surface area contributed by atoms with Crippen LogP contribution in [0.15, 0.2) is 70.9 Å². The van der Waals surface area contributed by atoms with Gasteiger partial charge in [0.2, 0.25) is 0 Å². The first-order valence-electron chi connectivity index (χ1n) is 9.87. The minimum Gasteiger partial charge on any atom is -0.507 e. The molecule has 0 aromatic heterocycles. The number of hydrogen-bond donors (Lipinski definition) is 4. The molecule has 0 saturated carbocycles. The number of nitro benzene ring substituents is 2. The summed E-state index contributed by atoms with van der Waals surface area (Å²) in [7, 11) is 0. The standard InChI is InChI=1S/C22H16N6O8/c29-19-7-5-17(27(33)34)9-15(19)11-23-25-21(31)13-1-2-14(4-3-13)22(32)26-24-12-16-10-18(28(35)36)6-8-20(16)30/h1-12,29-30H,(H,25,31)(H,26,32). The van der Waals surface area contributed by atoms with Crippen molar-refractivity contribution in [3.05, 3.63) is 103 Å². The number of benzene rings is 3. The summed E-state index contributed by atoms with van der Waals surface area (Å²) < 4.78 is 0. The molecule has 36 heavy (non-hydrogen) atoms. The minimum atomic E-state index is -0.651. The number of nitrogens with one attached hydrogen (secondary N) is 2. The Bertz CT molecular complexity index is 1300. The Morgan fingerprint density at radius 1 is 0.694 bits per heavy atom. The number of non-ortho nitro benzene ring substituents is 2. The lowest BCUT2D eigenvalue weighted by molar-refractivity contribution is -0.385. The van der Waals surface area contributed by atoms with E-state index in [1.54, 1.807) is 0 Å². The number of amides is 2.